The predicted octanol–water partition coefficient (Wildman–Crippen LogP) is 6.96. The Morgan fingerprint density at radius 1 is 0.812 bits per heavy atom. The standard InChI is InChI=1S/C27H32N2O2.ClH/c1-3-19-29(20-4-2)24-17-13-22(14-18-24)10-9-21-11-15-23(16-12-21)28-26-8-6-5-7-25(26)27(30)31;/h5-8,11-18,28H,3-4,9-10,19-20H2,1-2H3,(H,30,31);1H. The van der Waals surface area contributed by atoms with Crippen LogP contribution in [0.3, 0.4) is 0 Å². The second-order valence-corrected chi connectivity index (χ2v) is 7.83. The van der Waals surface area contributed by atoms with E-state index in [9.17, 15) is 9.90 Å². The summed E-state index contributed by atoms with van der Waals surface area (Å²) in [4.78, 5) is 13.8. The Morgan fingerprint density at radius 3 is 1.88 bits per heavy atom. The SMILES string of the molecule is CCCN(CCC)c1ccc(CCc2ccc(Nc3ccccc3C(=O)O)cc2)cc1.Cl. The van der Waals surface area contributed by atoms with Crippen LogP contribution in [0, 0.1) is 0 Å². The van der Waals surface area contributed by atoms with Crippen LogP contribution in [0.2, 0.25) is 0 Å². The summed E-state index contributed by atoms with van der Waals surface area (Å²) in [6.45, 7) is 6.65. The lowest BCUT2D eigenvalue weighted by Crippen LogP contribution is -2.24. The predicted molar refractivity (Wildman–Crippen MR) is 137 cm³/mol. The van der Waals surface area contributed by atoms with E-state index in [0.29, 0.717) is 5.69 Å². The topological polar surface area (TPSA) is 52.6 Å². The van der Waals surface area contributed by atoms with E-state index in [1.165, 1.54) is 16.8 Å². The first-order valence-electron chi connectivity index (χ1n) is 11.1. The van der Waals surface area contributed by atoms with E-state index in [2.05, 4.69) is 60.5 Å². The van der Waals surface area contributed by atoms with Crippen molar-refractivity contribution in [2.24, 2.45) is 0 Å². The van der Waals surface area contributed by atoms with Crippen LogP contribution in [0.25, 0.3) is 0 Å². The van der Waals surface area contributed by atoms with Crippen LogP contribution in [0.1, 0.15) is 48.2 Å². The Balaban J connectivity index is 0.00000363. The Hall–Kier alpha value is -2.98. The van der Waals surface area contributed by atoms with Crippen molar-refractivity contribution in [3.63, 3.8) is 0 Å². The highest BCUT2D eigenvalue weighted by atomic mass is 35.5. The lowest BCUT2D eigenvalue weighted by molar-refractivity contribution is 0.0698. The number of hydrogen-bond donors (Lipinski definition) is 2. The zero-order valence-electron chi connectivity index (χ0n) is 18.9. The molecule has 0 heterocycles. The van der Waals surface area contributed by atoms with Gasteiger partial charge in [-0.1, -0.05) is 50.2 Å². The van der Waals surface area contributed by atoms with Crippen LogP contribution in [-0.4, -0.2) is 24.2 Å². The Kier molecular flexibility index (Phi) is 10.1. The number of aromatic carboxylic acids is 1. The molecule has 0 saturated heterocycles. The van der Waals surface area contributed by atoms with E-state index >= 15 is 0 Å². The zero-order chi connectivity index (χ0) is 22.1. The van der Waals surface area contributed by atoms with Gasteiger partial charge < -0.3 is 15.3 Å². The van der Waals surface area contributed by atoms with Gasteiger partial charge in [-0.25, -0.2) is 4.79 Å². The molecule has 0 bridgehead atoms. The molecule has 0 atom stereocenters. The summed E-state index contributed by atoms with van der Waals surface area (Å²) in [5.74, 6) is -0.932. The summed E-state index contributed by atoms with van der Waals surface area (Å²) < 4.78 is 0. The van der Waals surface area contributed by atoms with Crippen molar-refractivity contribution in [1.29, 1.82) is 0 Å². The van der Waals surface area contributed by atoms with Crippen LogP contribution in [0.15, 0.2) is 72.8 Å². The van der Waals surface area contributed by atoms with Crippen molar-refractivity contribution in [2.75, 3.05) is 23.3 Å². The molecule has 0 saturated carbocycles. The second kappa shape index (κ2) is 12.8. The number of para-hydroxylation sites is 1. The minimum Gasteiger partial charge on any atom is -0.478 e. The van der Waals surface area contributed by atoms with E-state index in [1.54, 1.807) is 18.2 Å². The maximum Gasteiger partial charge on any atom is 0.337 e. The summed E-state index contributed by atoms with van der Waals surface area (Å²) in [6.07, 6.45) is 4.29. The zero-order valence-corrected chi connectivity index (χ0v) is 19.7. The monoisotopic (exact) mass is 452 g/mol. The first-order chi connectivity index (χ1) is 15.1. The Morgan fingerprint density at radius 2 is 1.34 bits per heavy atom. The van der Waals surface area contributed by atoms with Crippen molar-refractivity contribution in [1.82, 2.24) is 0 Å². The molecule has 0 radical (unpaired) electrons. The molecule has 4 nitrogen and oxygen atoms in total. The summed E-state index contributed by atoms with van der Waals surface area (Å²) in [5, 5.41) is 12.5. The lowest BCUT2D eigenvalue weighted by atomic mass is 10.0. The molecule has 0 aromatic heterocycles. The van der Waals surface area contributed by atoms with Gasteiger partial charge in [-0.15, -0.1) is 12.4 Å². The van der Waals surface area contributed by atoms with Crippen LogP contribution in [0.5, 0.6) is 0 Å². The highest BCUT2D eigenvalue weighted by molar-refractivity contribution is 5.95. The van der Waals surface area contributed by atoms with E-state index in [1.807, 2.05) is 18.2 Å². The number of benzene rings is 3. The number of hydrogen-bond acceptors (Lipinski definition) is 3. The third-order valence-electron chi connectivity index (χ3n) is 5.38. The molecule has 0 aliphatic carbocycles. The van der Waals surface area contributed by atoms with Crippen LogP contribution >= 0.6 is 12.4 Å². The van der Waals surface area contributed by atoms with Gasteiger partial charge in [0, 0.05) is 24.5 Å². The lowest BCUT2D eigenvalue weighted by Gasteiger charge is -2.24. The molecule has 3 aromatic carbocycles. The molecule has 0 unspecified atom stereocenters. The van der Waals surface area contributed by atoms with E-state index < -0.39 is 5.97 Å². The van der Waals surface area contributed by atoms with Gasteiger partial charge in [-0.3, -0.25) is 0 Å². The number of anilines is 3. The molecule has 3 rings (SSSR count). The smallest absolute Gasteiger partial charge is 0.337 e. The summed E-state index contributed by atoms with van der Waals surface area (Å²) in [5.41, 5.74) is 5.67. The quantitative estimate of drug-likeness (QED) is 0.330. The van der Waals surface area contributed by atoms with Gasteiger partial charge >= 0.3 is 5.97 Å². The molecule has 0 spiro atoms. The van der Waals surface area contributed by atoms with Gasteiger partial charge in [0.15, 0.2) is 0 Å². The number of rotatable bonds is 11. The van der Waals surface area contributed by atoms with E-state index in [-0.39, 0.29) is 18.0 Å². The van der Waals surface area contributed by atoms with Crippen molar-refractivity contribution in [2.45, 2.75) is 39.5 Å². The third-order valence-corrected chi connectivity index (χ3v) is 5.38. The molecule has 0 fully saturated rings. The summed E-state index contributed by atoms with van der Waals surface area (Å²) in [6, 6.07) is 24.1. The largest absolute Gasteiger partial charge is 0.478 e. The van der Waals surface area contributed by atoms with Crippen molar-refractivity contribution >= 4 is 35.4 Å². The average molecular weight is 453 g/mol. The Bertz CT molecular complexity index is 966. The fourth-order valence-electron chi connectivity index (χ4n) is 3.76. The number of halogens is 1. The normalized spacial score (nSPS) is 10.3. The maximum atomic E-state index is 11.4. The summed E-state index contributed by atoms with van der Waals surface area (Å²) in [7, 11) is 0. The van der Waals surface area contributed by atoms with Gasteiger partial charge in [0.1, 0.15) is 0 Å². The number of nitrogens with one attached hydrogen (secondary N) is 1. The van der Waals surface area contributed by atoms with Gasteiger partial charge in [-0.05, 0) is 73.2 Å². The second-order valence-electron chi connectivity index (χ2n) is 7.83. The molecule has 0 aliphatic rings. The highest BCUT2D eigenvalue weighted by Crippen LogP contribution is 2.22. The highest BCUT2D eigenvalue weighted by Gasteiger charge is 2.09. The minimum atomic E-state index is -0.932. The van der Waals surface area contributed by atoms with Crippen molar-refractivity contribution in [3.05, 3.63) is 89.5 Å². The summed E-state index contributed by atoms with van der Waals surface area (Å²) >= 11 is 0. The Labute approximate surface area is 197 Å². The molecular formula is C27H33ClN2O2. The van der Waals surface area contributed by atoms with Crippen molar-refractivity contribution < 1.29 is 9.90 Å². The first kappa shape index (κ1) is 25.3. The molecule has 0 amide bonds. The molecule has 3 aromatic rings. The number of aryl methyl sites for hydroxylation is 2. The van der Waals surface area contributed by atoms with Crippen LogP contribution < -0.4 is 10.2 Å². The fourth-order valence-corrected chi connectivity index (χ4v) is 3.76. The van der Waals surface area contributed by atoms with Gasteiger partial charge in [-0.2, -0.15) is 0 Å². The van der Waals surface area contributed by atoms with Gasteiger partial charge in [0.2, 0.25) is 0 Å². The molecule has 32 heavy (non-hydrogen) atoms. The first-order valence-corrected chi connectivity index (χ1v) is 11.1. The average Bonchev–Trinajstić information content (AvgIpc) is 2.79. The van der Waals surface area contributed by atoms with E-state index in [0.717, 1.165) is 44.5 Å². The van der Waals surface area contributed by atoms with Gasteiger partial charge in [0.25, 0.3) is 0 Å². The number of carbonyl (C=O) groups is 1. The van der Waals surface area contributed by atoms with E-state index in [4.69, 9.17) is 0 Å². The molecular weight excluding hydrogens is 420 g/mol. The third kappa shape index (κ3) is 7.03. The number of carboxylic acids is 1. The maximum absolute atomic E-state index is 11.4. The number of nitrogens with zero attached hydrogens (tertiary/aromatic N) is 1. The van der Waals surface area contributed by atoms with Gasteiger partial charge in [0.05, 0.1) is 11.3 Å². The molecule has 5 heteroatoms. The fraction of sp³-hybridized carbons (Fsp3) is 0.296. The van der Waals surface area contributed by atoms with Crippen molar-refractivity contribution in [3.8, 4) is 0 Å². The van der Waals surface area contributed by atoms with Crippen LogP contribution in [-0.2, 0) is 12.8 Å². The van der Waals surface area contributed by atoms with Crippen LogP contribution in [0.4, 0.5) is 17.1 Å². The molecule has 0 aliphatic heterocycles. The molecule has 170 valence electrons. The number of carboxylic acid groups (broad SMARTS) is 1. The minimum absolute atomic E-state index is 0. The molecule has 2 N–H and O–H groups in total.